The first kappa shape index (κ1) is 17.6. The van der Waals surface area contributed by atoms with E-state index in [4.69, 9.17) is 4.74 Å². The van der Waals surface area contributed by atoms with Crippen LogP contribution in [0.1, 0.15) is 23.2 Å². The van der Waals surface area contributed by atoms with Crippen molar-refractivity contribution in [2.75, 3.05) is 26.2 Å². The van der Waals surface area contributed by atoms with E-state index < -0.39 is 6.10 Å². The Hall–Kier alpha value is -2.17. The maximum Gasteiger partial charge on any atom is 0.166 e. The predicted molar refractivity (Wildman–Crippen MR) is 97.9 cm³/mol. The van der Waals surface area contributed by atoms with E-state index in [2.05, 4.69) is 4.90 Å². The molecule has 1 aliphatic rings. The van der Waals surface area contributed by atoms with Gasteiger partial charge in [-0.2, -0.15) is 0 Å². The Bertz CT molecular complexity index is 651. The maximum absolute atomic E-state index is 12.5. The van der Waals surface area contributed by atoms with E-state index >= 15 is 0 Å². The van der Waals surface area contributed by atoms with Gasteiger partial charge in [-0.3, -0.25) is 4.79 Å². The molecule has 0 saturated carbocycles. The third-order valence-electron chi connectivity index (χ3n) is 4.67. The number of nitrogens with zero attached hydrogens (tertiary/aromatic N) is 1. The molecule has 2 aromatic rings. The molecule has 0 aliphatic carbocycles. The van der Waals surface area contributed by atoms with Crippen LogP contribution in [0.3, 0.4) is 0 Å². The Balaban J connectivity index is 1.41. The SMILES string of the molecule is O=C(c1ccccc1)C1CCN(CC(O)COc2ccccc2)CC1. The Kier molecular flexibility index (Phi) is 6.20. The summed E-state index contributed by atoms with van der Waals surface area (Å²) in [6.45, 7) is 2.54. The number of ether oxygens (including phenoxy) is 1. The molecule has 0 bridgehead atoms. The van der Waals surface area contributed by atoms with E-state index in [1.807, 2.05) is 60.7 Å². The largest absolute Gasteiger partial charge is 0.491 e. The third kappa shape index (κ3) is 5.15. The first-order chi connectivity index (χ1) is 12.2. The van der Waals surface area contributed by atoms with Gasteiger partial charge in [0.25, 0.3) is 0 Å². The van der Waals surface area contributed by atoms with Crippen LogP contribution in [0, 0.1) is 5.92 Å². The minimum atomic E-state index is -0.526. The number of aliphatic hydroxyl groups is 1. The summed E-state index contributed by atoms with van der Waals surface area (Å²) in [4.78, 5) is 14.7. The summed E-state index contributed by atoms with van der Waals surface area (Å²) in [6, 6.07) is 19.0. The van der Waals surface area contributed by atoms with Crippen LogP contribution in [0.25, 0.3) is 0 Å². The highest BCUT2D eigenvalue weighted by Gasteiger charge is 2.26. The van der Waals surface area contributed by atoms with Crippen molar-refractivity contribution >= 4 is 5.78 Å². The van der Waals surface area contributed by atoms with E-state index in [0.29, 0.717) is 6.54 Å². The highest BCUT2D eigenvalue weighted by molar-refractivity contribution is 5.97. The lowest BCUT2D eigenvalue weighted by molar-refractivity contribution is 0.0524. The highest BCUT2D eigenvalue weighted by atomic mass is 16.5. The molecule has 3 rings (SSSR count). The molecule has 132 valence electrons. The van der Waals surface area contributed by atoms with E-state index in [0.717, 1.165) is 37.2 Å². The minimum Gasteiger partial charge on any atom is -0.491 e. The fourth-order valence-electron chi connectivity index (χ4n) is 3.28. The number of piperidine rings is 1. The quantitative estimate of drug-likeness (QED) is 0.788. The number of para-hydroxylation sites is 1. The molecule has 1 fully saturated rings. The first-order valence-electron chi connectivity index (χ1n) is 8.90. The van der Waals surface area contributed by atoms with Crippen molar-refractivity contribution in [3.05, 3.63) is 66.2 Å². The molecule has 4 heteroatoms. The van der Waals surface area contributed by atoms with Gasteiger partial charge < -0.3 is 14.7 Å². The number of ketones is 1. The zero-order valence-electron chi connectivity index (χ0n) is 14.4. The van der Waals surface area contributed by atoms with Gasteiger partial charge in [-0.05, 0) is 38.1 Å². The molecule has 1 saturated heterocycles. The Morgan fingerprint density at radius 2 is 1.64 bits per heavy atom. The Morgan fingerprint density at radius 1 is 1.04 bits per heavy atom. The third-order valence-corrected chi connectivity index (χ3v) is 4.67. The first-order valence-corrected chi connectivity index (χ1v) is 8.90. The van der Waals surface area contributed by atoms with Gasteiger partial charge in [-0.25, -0.2) is 0 Å². The van der Waals surface area contributed by atoms with Crippen LogP contribution in [0.4, 0.5) is 0 Å². The number of carbonyl (C=O) groups excluding carboxylic acids is 1. The molecule has 0 radical (unpaired) electrons. The second kappa shape index (κ2) is 8.79. The molecule has 0 spiro atoms. The van der Waals surface area contributed by atoms with Crippen molar-refractivity contribution in [1.82, 2.24) is 4.90 Å². The van der Waals surface area contributed by atoms with Crippen LogP contribution in [0.2, 0.25) is 0 Å². The summed E-state index contributed by atoms with van der Waals surface area (Å²) in [6.07, 6.45) is 1.17. The second-order valence-electron chi connectivity index (χ2n) is 6.58. The molecular weight excluding hydrogens is 314 g/mol. The normalized spacial score (nSPS) is 17.2. The summed E-state index contributed by atoms with van der Waals surface area (Å²) in [7, 11) is 0. The summed E-state index contributed by atoms with van der Waals surface area (Å²) in [5.41, 5.74) is 0.803. The van der Waals surface area contributed by atoms with Gasteiger partial charge >= 0.3 is 0 Å². The average Bonchev–Trinajstić information content (AvgIpc) is 2.68. The van der Waals surface area contributed by atoms with Crippen LogP contribution < -0.4 is 4.74 Å². The minimum absolute atomic E-state index is 0.0939. The van der Waals surface area contributed by atoms with Crippen molar-refractivity contribution in [1.29, 1.82) is 0 Å². The maximum atomic E-state index is 12.5. The molecule has 0 aromatic heterocycles. The van der Waals surface area contributed by atoms with Gasteiger partial charge in [0.15, 0.2) is 5.78 Å². The molecule has 2 aromatic carbocycles. The second-order valence-corrected chi connectivity index (χ2v) is 6.58. The number of hydrogen-bond acceptors (Lipinski definition) is 4. The van der Waals surface area contributed by atoms with Crippen LogP contribution in [-0.2, 0) is 0 Å². The number of carbonyl (C=O) groups is 1. The molecule has 0 amide bonds. The molecule has 1 unspecified atom stereocenters. The van der Waals surface area contributed by atoms with Crippen LogP contribution in [-0.4, -0.2) is 48.1 Å². The summed E-state index contributed by atoms with van der Waals surface area (Å²) >= 11 is 0. The van der Waals surface area contributed by atoms with Gasteiger partial charge in [-0.1, -0.05) is 48.5 Å². The number of likely N-dealkylation sites (tertiary alicyclic amines) is 1. The molecule has 4 nitrogen and oxygen atoms in total. The zero-order valence-corrected chi connectivity index (χ0v) is 14.4. The van der Waals surface area contributed by atoms with Gasteiger partial charge in [0.05, 0.1) is 0 Å². The van der Waals surface area contributed by atoms with Crippen molar-refractivity contribution in [3.8, 4) is 5.75 Å². The Labute approximate surface area is 149 Å². The van der Waals surface area contributed by atoms with Crippen molar-refractivity contribution in [2.45, 2.75) is 18.9 Å². The smallest absolute Gasteiger partial charge is 0.166 e. The average molecular weight is 339 g/mol. The molecule has 1 heterocycles. The highest BCUT2D eigenvalue weighted by Crippen LogP contribution is 2.22. The van der Waals surface area contributed by atoms with Crippen molar-refractivity contribution in [2.24, 2.45) is 5.92 Å². The summed E-state index contributed by atoms with van der Waals surface area (Å²) in [5.74, 6) is 1.11. The standard InChI is InChI=1S/C21H25NO3/c23-19(16-25-20-9-5-2-6-10-20)15-22-13-11-18(12-14-22)21(24)17-7-3-1-4-8-17/h1-10,18-19,23H,11-16H2. The van der Waals surface area contributed by atoms with E-state index in [-0.39, 0.29) is 18.3 Å². The van der Waals surface area contributed by atoms with E-state index in [1.165, 1.54) is 0 Å². The fraction of sp³-hybridized carbons (Fsp3) is 0.381. The number of hydrogen-bond donors (Lipinski definition) is 1. The van der Waals surface area contributed by atoms with Gasteiger partial charge in [0.2, 0.25) is 0 Å². The molecule has 1 aliphatic heterocycles. The monoisotopic (exact) mass is 339 g/mol. The number of Topliss-reactive ketones (excluding diaryl/α,β-unsaturated/α-hetero) is 1. The van der Waals surface area contributed by atoms with Crippen LogP contribution in [0.5, 0.6) is 5.75 Å². The number of β-amino-alcohol motifs (C(OH)–C–C–N with tert-alkyl or cyclic N) is 1. The Morgan fingerprint density at radius 3 is 2.28 bits per heavy atom. The van der Waals surface area contributed by atoms with Gasteiger partial charge in [0, 0.05) is 18.0 Å². The van der Waals surface area contributed by atoms with Gasteiger partial charge in [-0.15, -0.1) is 0 Å². The topological polar surface area (TPSA) is 49.8 Å². The number of aliphatic hydroxyl groups excluding tert-OH is 1. The van der Waals surface area contributed by atoms with E-state index in [9.17, 15) is 9.90 Å². The zero-order chi connectivity index (χ0) is 17.5. The fourth-order valence-corrected chi connectivity index (χ4v) is 3.28. The molecule has 1 N–H and O–H groups in total. The van der Waals surface area contributed by atoms with Crippen molar-refractivity contribution in [3.63, 3.8) is 0 Å². The summed E-state index contributed by atoms with van der Waals surface area (Å²) < 4.78 is 5.60. The summed E-state index contributed by atoms with van der Waals surface area (Å²) in [5, 5.41) is 10.2. The van der Waals surface area contributed by atoms with Crippen LogP contribution >= 0.6 is 0 Å². The van der Waals surface area contributed by atoms with E-state index in [1.54, 1.807) is 0 Å². The lowest BCUT2D eigenvalue weighted by atomic mass is 9.89. The molecule has 25 heavy (non-hydrogen) atoms. The lowest BCUT2D eigenvalue weighted by Crippen LogP contribution is -2.42. The van der Waals surface area contributed by atoms with Crippen molar-refractivity contribution < 1.29 is 14.6 Å². The number of rotatable bonds is 7. The van der Waals surface area contributed by atoms with Crippen LogP contribution in [0.15, 0.2) is 60.7 Å². The molecule has 1 atom stereocenters. The molecular formula is C21H25NO3. The lowest BCUT2D eigenvalue weighted by Gasteiger charge is -2.32. The van der Waals surface area contributed by atoms with Gasteiger partial charge in [0.1, 0.15) is 18.5 Å². The predicted octanol–water partition coefficient (Wildman–Crippen LogP) is 3.02. The number of benzene rings is 2.